The Kier molecular flexibility index (Phi) is 5.10. The molecule has 0 bridgehead atoms. The third-order valence-corrected chi connectivity index (χ3v) is 5.77. The summed E-state index contributed by atoms with van der Waals surface area (Å²) < 4.78 is 1.65. The van der Waals surface area contributed by atoms with Gasteiger partial charge in [-0.1, -0.05) is 13.8 Å². The Labute approximate surface area is 175 Å². The smallest absolute Gasteiger partial charge is 0.251 e. The van der Waals surface area contributed by atoms with Crippen molar-refractivity contribution in [3.05, 3.63) is 36.0 Å². The number of nitrogens with zero attached hydrogens (tertiary/aromatic N) is 2. The molecule has 1 unspecified atom stereocenters. The van der Waals surface area contributed by atoms with E-state index in [1.165, 1.54) is 0 Å². The van der Waals surface area contributed by atoms with E-state index in [9.17, 15) is 19.6 Å². The van der Waals surface area contributed by atoms with Gasteiger partial charge in [0.25, 0.3) is 5.91 Å². The summed E-state index contributed by atoms with van der Waals surface area (Å²) >= 11 is 0. The highest BCUT2D eigenvalue weighted by atomic mass is 16.2. The second-order valence-corrected chi connectivity index (χ2v) is 8.91. The molecule has 2 aromatic rings. The van der Waals surface area contributed by atoms with Crippen molar-refractivity contribution < 1.29 is 14.4 Å². The van der Waals surface area contributed by atoms with E-state index < -0.39 is 11.6 Å². The molecule has 2 N–H and O–H groups in total. The number of carbonyl (C=O) groups is 3. The van der Waals surface area contributed by atoms with Gasteiger partial charge >= 0.3 is 0 Å². The highest BCUT2D eigenvalue weighted by molar-refractivity contribution is 6.02. The lowest BCUT2D eigenvalue weighted by Gasteiger charge is -2.21. The summed E-state index contributed by atoms with van der Waals surface area (Å²) in [5.41, 5.74) is 0.444. The zero-order chi connectivity index (χ0) is 21.5. The fourth-order valence-electron chi connectivity index (χ4n) is 3.66. The van der Waals surface area contributed by atoms with Gasteiger partial charge in [-0.15, -0.1) is 0 Å². The topological polar surface area (TPSA) is 104 Å². The summed E-state index contributed by atoms with van der Waals surface area (Å²) in [6, 6.07) is 8.46. The van der Waals surface area contributed by atoms with Gasteiger partial charge in [0.2, 0.25) is 11.8 Å². The SMILES string of the molecule is CC(C)CC(NC(=O)c1ccc2c(ccn2C(=O)C2CC2)c1)C(=O)NC1(C#N)CC1. The van der Waals surface area contributed by atoms with Crippen LogP contribution < -0.4 is 10.6 Å². The van der Waals surface area contributed by atoms with Crippen LogP contribution in [0, 0.1) is 23.2 Å². The van der Waals surface area contributed by atoms with Crippen LogP contribution in [-0.4, -0.2) is 33.9 Å². The lowest BCUT2D eigenvalue weighted by Crippen LogP contribution is -2.50. The van der Waals surface area contributed by atoms with E-state index in [1.54, 1.807) is 29.0 Å². The third kappa shape index (κ3) is 4.09. The number of fused-ring (bicyclic) bond motifs is 1. The van der Waals surface area contributed by atoms with Crippen molar-refractivity contribution in [1.29, 1.82) is 5.26 Å². The maximum Gasteiger partial charge on any atom is 0.251 e. The predicted octanol–water partition coefficient (Wildman–Crippen LogP) is 3.01. The van der Waals surface area contributed by atoms with Crippen LogP contribution in [0.15, 0.2) is 30.5 Å². The van der Waals surface area contributed by atoms with Crippen molar-refractivity contribution in [2.45, 2.75) is 57.5 Å². The number of nitriles is 1. The Morgan fingerprint density at radius 2 is 1.97 bits per heavy atom. The molecule has 156 valence electrons. The minimum absolute atomic E-state index is 0.0994. The molecule has 2 amide bonds. The van der Waals surface area contributed by atoms with Gasteiger partial charge in [0.05, 0.1) is 11.6 Å². The Bertz CT molecular complexity index is 1050. The number of aromatic nitrogens is 1. The number of nitrogens with one attached hydrogen (secondary N) is 2. The van der Waals surface area contributed by atoms with Gasteiger partial charge in [-0.3, -0.25) is 19.0 Å². The molecular weight excluding hydrogens is 380 g/mol. The highest BCUT2D eigenvalue weighted by Crippen LogP contribution is 2.34. The Hall–Kier alpha value is -3.14. The quantitative estimate of drug-likeness (QED) is 0.737. The van der Waals surface area contributed by atoms with E-state index in [-0.39, 0.29) is 29.6 Å². The van der Waals surface area contributed by atoms with Crippen molar-refractivity contribution in [2.75, 3.05) is 0 Å². The second kappa shape index (κ2) is 7.60. The second-order valence-electron chi connectivity index (χ2n) is 8.91. The van der Waals surface area contributed by atoms with Crippen molar-refractivity contribution in [1.82, 2.24) is 15.2 Å². The number of benzene rings is 1. The van der Waals surface area contributed by atoms with Crippen LogP contribution in [0.25, 0.3) is 10.9 Å². The standard InChI is InChI=1S/C23H26N4O3/c1-14(2)11-18(21(29)26-23(13-24)8-9-23)25-20(28)17-5-6-19-16(12-17)7-10-27(19)22(30)15-3-4-15/h5-7,10,12,14-15,18H,3-4,8-9,11H2,1-2H3,(H,25,28)(H,26,29). The molecule has 0 radical (unpaired) electrons. The molecule has 1 heterocycles. The molecule has 2 fully saturated rings. The van der Waals surface area contributed by atoms with Crippen molar-refractivity contribution in [3.8, 4) is 6.07 Å². The molecule has 1 aromatic heterocycles. The van der Waals surface area contributed by atoms with Gasteiger partial charge in [-0.05, 0) is 62.3 Å². The molecule has 0 saturated heterocycles. The van der Waals surface area contributed by atoms with Crippen LogP contribution in [0.1, 0.15) is 61.1 Å². The summed E-state index contributed by atoms with van der Waals surface area (Å²) in [6.45, 7) is 3.96. The molecule has 0 aliphatic heterocycles. The molecular formula is C23H26N4O3. The average molecular weight is 406 g/mol. The summed E-state index contributed by atoms with van der Waals surface area (Å²) in [6.07, 6.45) is 5.39. The van der Waals surface area contributed by atoms with Crippen LogP contribution in [0.4, 0.5) is 0 Å². The first kappa shape index (κ1) is 20.1. The molecule has 1 aromatic carbocycles. The van der Waals surface area contributed by atoms with Crippen LogP contribution >= 0.6 is 0 Å². The Morgan fingerprint density at radius 1 is 1.23 bits per heavy atom. The number of rotatable bonds is 7. The van der Waals surface area contributed by atoms with Gasteiger partial charge < -0.3 is 10.6 Å². The summed E-state index contributed by atoms with van der Waals surface area (Å²) in [7, 11) is 0. The zero-order valence-corrected chi connectivity index (χ0v) is 17.3. The molecule has 2 aliphatic carbocycles. The minimum Gasteiger partial charge on any atom is -0.340 e. The highest BCUT2D eigenvalue weighted by Gasteiger charge is 2.45. The van der Waals surface area contributed by atoms with Gasteiger partial charge in [-0.2, -0.15) is 5.26 Å². The normalized spacial score (nSPS) is 17.9. The Balaban J connectivity index is 1.50. The third-order valence-electron chi connectivity index (χ3n) is 5.77. The molecule has 2 saturated carbocycles. The van der Waals surface area contributed by atoms with Gasteiger partial charge in [0, 0.05) is 23.1 Å². The fraction of sp³-hybridized carbons (Fsp3) is 0.478. The van der Waals surface area contributed by atoms with E-state index in [4.69, 9.17) is 0 Å². The van der Waals surface area contributed by atoms with E-state index in [0.717, 1.165) is 23.7 Å². The lowest BCUT2D eigenvalue weighted by atomic mass is 10.0. The maximum atomic E-state index is 12.9. The molecule has 7 nitrogen and oxygen atoms in total. The Morgan fingerprint density at radius 3 is 2.57 bits per heavy atom. The van der Waals surface area contributed by atoms with Gasteiger partial charge in [-0.25, -0.2) is 0 Å². The molecule has 1 atom stereocenters. The van der Waals surface area contributed by atoms with E-state index >= 15 is 0 Å². The first-order chi connectivity index (χ1) is 14.3. The first-order valence-electron chi connectivity index (χ1n) is 10.5. The predicted molar refractivity (Wildman–Crippen MR) is 112 cm³/mol. The van der Waals surface area contributed by atoms with Crippen molar-refractivity contribution in [3.63, 3.8) is 0 Å². The largest absolute Gasteiger partial charge is 0.340 e. The van der Waals surface area contributed by atoms with Crippen LogP contribution in [0.3, 0.4) is 0 Å². The van der Waals surface area contributed by atoms with Crippen LogP contribution in [0.5, 0.6) is 0 Å². The van der Waals surface area contributed by atoms with Crippen LogP contribution in [-0.2, 0) is 4.79 Å². The monoisotopic (exact) mass is 406 g/mol. The maximum absolute atomic E-state index is 12.9. The van der Waals surface area contributed by atoms with Gasteiger partial charge in [0.1, 0.15) is 11.6 Å². The lowest BCUT2D eigenvalue weighted by molar-refractivity contribution is -0.123. The van der Waals surface area contributed by atoms with Crippen molar-refractivity contribution >= 4 is 28.6 Å². The zero-order valence-electron chi connectivity index (χ0n) is 17.3. The average Bonchev–Trinajstić information content (AvgIpc) is 3.64. The molecule has 7 heteroatoms. The molecule has 4 rings (SSSR count). The summed E-state index contributed by atoms with van der Waals surface area (Å²) in [4.78, 5) is 38.0. The van der Waals surface area contributed by atoms with E-state index in [1.807, 2.05) is 19.9 Å². The minimum atomic E-state index is -0.771. The van der Waals surface area contributed by atoms with Crippen molar-refractivity contribution in [2.24, 2.45) is 11.8 Å². The number of carbonyl (C=O) groups excluding carboxylic acids is 3. The molecule has 30 heavy (non-hydrogen) atoms. The van der Waals surface area contributed by atoms with E-state index in [0.29, 0.717) is 24.8 Å². The molecule has 2 aliphatic rings. The number of hydrogen-bond acceptors (Lipinski definition) is 4. The molecule has 0 spiro atoms. The number of amides is 2. The van der Waals surface area contributed by atoms with Gasteiger partial charge in [0.15, 0.2) is 0 Å². The summed E-state index contributed by atoms with van der Waals surface area (Å²) in [5.74, 6) is -0.258. The fourth-order valence-corrected chi connectivity index (χ4v) is 3.66. The van der Waals surface area contributed by atoms with E-state index in [2.05, 4.69) is 16.7 Å². The number of hydrogen-bond donors (Lipinski definition) is 2. The summed E-state index contributed by atoms with van der Waals surface area (Å²) in [5, 5.41) is 15.7. The first-order valence-corrected chi connectivity index (χ1v) is 10.5. The van der Waals surface area contributed by atoms with Crippen LogP contribution in [0.2, 0.25) is 0 Å².